The van der Waals surface area contributed by atoms with E-state index in [-0.39, 0.29) is 6.54 Å². The molecule has 0 bridgehead atoms. The minimum Gasteiger partial charge on any atom is -0.479 e. The number of furan rings is 1. The highest BCUT2D eigenvalue weighted by molar-refractivity contribution is 9.10. The first-order chi connectivity index (χ1) is 9.19. The molecule has 2 heterocycles. The minimum absolute atomic E-state index is 0.271. The van der Waals surface area contributed by atoms with Gasteiger partial charge in [0.1, 0.15) is 17.8 Å². The molecule has 0 saturated carbocycles. The third-order valence-corrected chi connectivity index (χ3v) is 2.60. The Labute approximate surface area is 117 Å². The van der Waals surface area contributed by atoms with Crippen molar-refractivity contribution in [3.05, 3.63) is 35.1 Å². The molecule has 2 amide bonds. The quantitative estimate of drug-likeness (QED) is 0.898. The van der Waals surface area contributed by atoms with Crippen LogP contribution in [-0.4, -0.2) is 23.1 Å². The zero-order valence-electron chi connectivity index (χ0n) is 10.0. The predicted molar refractivity (Wildman–Crippen MR) is 70.9 cm³/mol. The zero-order valence-corrected chi connectivity index (χ0v) is 11.6. The summed E-state index contributed by atoms with van der Waals surface area (Å²) in [5, 5.41) is 5.22. The summed E-state index contributed by atoms with van der Waals surface area (Å²) in [6, 6.07) is 3.11. The highest BCUT2D eigenvalue weighted by atomic mass is 79.9. The maximum absolute atomic E-state index is 11.7. The van der Waals surface area contributed by atoms with Gasteiger partial charge in [-0.05, 0) is 28.1 Å². The molecule has 19 heavy (non-hydrogen) atoms. The van der Waals surface area contributed by atoms with Crippen LogP contribution >= 0.6 is 15.9 Å². The number of amides is 2. The number of carbonyl (C=O) groups excluding carboxylic acids is 1. The molecule has 0 saturated heterocycles. The number of methoxy groups -OCH3 is 1. The fraction of sp³-hybridized carbons (Fsp3) is 0.182. The molecular weight excluding hydrogens is 316 g/mol. The van der Waals surface area contributed by atoms with Crippen LogP contribution in [0.3, 0.4) is 0 Å². The predicted octanol–water partition coefficient (Wildman–Crippen LogP) is 2.16. The van der Waals surface area contributed by atoms with Gasteiger partial charge in [0.05, 0.1) is 19.9 Å². The third-order valence-electron chi connectivity index (χ3n) is 2.17. The molecule has 7 nitrogen and oxygen atoms in total. The second-order valence-electron chi connectivity index (χ2n) is 3.46. The maximum atomic E-state index is 11.7. The lowest BCUT2D eigenvalue weighted by Crippen LogP contribution is -2.28. The molecule has 0 unspecified atom stereocenters. The van der Waals surface area contributed by atoms with Crippen molar-refractivity contribution in [3.8, 4) is 5.88 Å². The summed E-state index contributed by atoms with van der Waals surface area (Å²) >= 11 is 3.18. The summed E-state index contributed by atoms with van der Waals surface area (Å²) in [6.07, 6.45) is 2.79. The van der Waals surface area contributed by atoms with E-state index in [1.807, 2.05) is 0 Å². The lowest BCUT2D eigenvalue weighted by Gasteiger charge is -2.08. The first-order valence-corrected chi connectivity index (χ1v) is 6.11. The smallest absolute Gasteiger partial charge is 0.319 e. The van der Waals surface area contributed by atoms with Crippen LogP contribution < -0.4 is 15.4 Å². The van der Waals surface area contributed by atoms with Gasteiger partial charge in [-0.3, -0.25) is 0 Å². The summed E-state index contributed by atoms with van der Waals surface area (Å²) in [4.78, 5) is 19.4. The molecule has 0 atom stereocenters. The van der Waals surface area contributed by atoms with Crippen LogP contribution in [0.1, 0.15) is 5.76 Å². The Morgan fingerprint density at radius 2 is 2.37 bits per heavy atom. The van der Waals surface area contributed by atoms with Crippen LogP contribution in [0.25, 0.3) is 0 Å². The molecule has 2 rings (SSSR count). The molecular formula is C11H11BrN4O3. The molecule has 2 aromatic rings. The van der Waals surface area contributed by atoms with Crippen LogP contribution in [0.15, 0.2) is 33.7 Å². The highest BCUT2D eigenvalue weighted by Crippen LogP contribution is 2.18. The Bertz CT molecular complexity index is 573. The number of ether oxygens (including phenoxy) is 1. The van der Waals surface area contributed by atoms with E-state index in [1.165, 1.54) is 19.6 Å². The molecule has 100 valence electrons. The monoisotopic (exact) mass is 326 g/mol. The number of carbonyl (C=O) groups is 1. The van der Waals surface area contributed by atoms with Gasteiger partial charge in [-0.15, -0.1) is 0 Å². The van der Waals surface area contributed by atoms with Crippen molar-refractivity contribution in [2.75, 3.05) is 12.4 Å². The van der Waals surface area contributed by atoms with Crippen molar-refractivity contribution in [1.29, 1.82) is 0 Å². The van der Waals surface area contributed by atoms with E-state index in [4.69, 9.17) is 9.15 Å². The van der Waals surface area contributed by atoms with Gasteiger partial charge in [-0.25, -0.2) is 9.78 Å². The number of aromatic nitrogens is 2. The Morgan fingerprint density at radius 1 is 1.53 bits per heavy atom. The molecule has 8 heteroatoms. The summed E-state index contributed by atoms with van der Waals surface area (Å²) in [5.74, 6) is 0.934. The average Bonchev–Trinajstić information content (AvgIpc) is 2.83. The van der Waals surface area contributed by atoms with Crippen LogP contribution in [0.5, 0.6) is 5.88 Å². The number of urea groups is 1. The Hall–Kier alpha value is -2.09. The number of anilines is 1. The van der Waals surface area contributed by atoms with Gasteiger partial charge >= 0.3 is 6.03 Å². The lowest BCUT2D eigenvalue weighted by atomic mass is 10.4. The number of rotatable bonds is 4. The number of hydrogen-bond donors (Lipinski definition) is 2. The first kappa shape index (κ1) is 13.3. The number of halogens is 1. The molecule has 0 fully saturated rings. The molecule has 2 aromatic heterocycles. The average molecular weight is 327 g/mol. The van der Waals surface area contributed by atoms with Gasteiger partial charge in [-0.1, -0.05) is 0 Å². The summed E-state index contributed by atoms with van der Waals surface area (Å²) in [6.45, 7) is 0.271. The van der Waals surface area contributed by atoms with E-state index in [0.717, 1.165) is 0 Å². The first-order valence-electron chi connectivity index (χ1n) is 5.32. The summed E-state index contributed by atoms with van der Waals surface area (Å²) in [7, 11) is 1.46. The Balaban J connectivity index is 1.90. The number of nitrogens with one attached hydrogen (secondary N) is 2. The Kier molecular flexibility index (Phi) is 4.35. The van der Waals surface area contributed by atoms with Crippen LogP contribution in [-0.2, 0) is 6.54 Å². The second-order valence-corrected chi connectivity index (χ2v) is 4.24. The van der Waals surface area contributed by atoms with Gasteiger partial charge in [-0.2, -0.15) is 4.98 Å². The van der Waals surface area contributed by atoms with E-state index in [2.05, 4.69) is 36.5 Å². The molecule has 0 aromatic carbocycles. The van der Waals surface area contributed by atoms with Crippen LogP contribution in [0.4, 0.5) is 10.5 Å². The van der Waals surface area contributed by atoms with Gasteiger partial charge in [0.25, 0.3) is 0 Å². The molecule has 0 spiro atoms. The van der Waals surface area contributed by atoms with E-state index in [1.54, 1.807) is 12.1 Å². The van der Waals surface area contributed by atoms with E-state index < -0.39 is 6.03 Å². The van der Waals surface area contributed by atoms with Crippen LogP contribution in [0.2, 0.25) is 0 Å². The molecule has 0 aliphatic rings. The van der Waals surface area contributed by atoms with Crippen molar-refractivity contribution in [2.24, 2.45) is 0 Å². The zero-order chi connectivity index (χ0) is 13.7. The molecule has 0 radical (unpaired) electrons. The maximum Gasteiger partial charge on any atom is 0.319 e. The topological polar surface area (TPSA) is 89.3 Å². The normalized spacial score (nSPS) is 10.0. The van der Waals surface area contributed by atoms with Gasteiger partial charge in [0.15, 0.2) is 4.67 Å². The lowest BCUT2D eigenvalue weighted by molar-refractivity contribution is 0.250. The van der Waals surface area contributed by atoms with Crippen molar-refractivity contribution in [2.45, 2.75) is 6.54 Å². The molecule has 0 aliphatic heterocycles. The summed E-state index contributed by atoms with van der Waals surface area (Å²) in [5.41, 5.74) is 0.392. The number of nitrogens with zero attached hydrogens (tertiary/aromatic N) is 2. The van der Waals surface area contributed by atoms with Gasteiger partial charge in [0, 0.05) is 0 Å². The SMILES string of the molecule is COc1ncncc1NC(=O)NCc1ccc(Br)o1. The Morgan fingerprint density at radius 3 is 3.05 bits per heavy atom. The van der Waals surface area contributed by atoms with Crippen molar-refractivity contribution < 1.29 is 13.9 Å². The standard InChI is InChI=1S/C11H11BrN4O3/c1-18-10-8(5-13-6-15-10)16-11(17)14-4-7-2-3-9(12)19-7/h2-3,5-6H,4H2,1H3,(H2,14,16,17). The molecule has 0 aliphatic carbocycles. The van der Waals surface area contributed by atoms with Crippen LogP contribution in [0, 0.1) is 0 Å². The van der Waals surface area contributed by atoms with Gasteiger partial charge < -0.3 is 19.8 Å². The molecule has 2 N–H and O–H groups in total. The fourth-order valence-electron chi connectivity index (χ4n) is 1.35. The van der Waals surface area contributed by atoms with E-state index in [9.17, 15) is 4.79 Å². The highest BCUT2D eigenvalue weighted by Gasteiger charge is 2.08. The van der Waals surface area contributed by atoms with Crippen molar-refractivity contribution in [1.82, 2.24) is 15.3 Å². The third kappa shape index (κ3) is 3.68. The van der Waals surface area contributed by atoms with E-state index in [0.29, 0.717) is 22.0 Å². The number of hydrogen-bond acceptors (Lipinski definition) is 5. The van der Waals surface area contributed by atoms with E-state index >= 15 is 0 Å². The van der Waals surface area contributed by atoms with Crippen molar-refractivity contribution >= 4 is 27.6 Å². The fourth-order valence-corrected chi connectivity index (χ4v) is 1.69. The second kappa shape index (κ2) is 6.19. The minimum atomic E-state index is -0.402. The summed E-state index contributed by atoms with van der Waals surface area (Å²) < 4.78 is 10.9. The van der Waals surface area contributed by atoms with Gasteiger partial charge in [0.2, 0.25) is 5.88 Å². The van der Waals surface area contributed by atoms with Crippen molar-refractivity contribution in [3.63, 3.8) is 0 Å². The largest absolute Gasteiger partial charge is 0.479 e.